The maximum absolute atomic E-state index is 13.1. The first-order chi connectivity index (χ1) is 12.8. The lowest BCUT2D eigenvalue weighted by molar-refractivity contribution is 0.0810. The van der Waals surface area contributed by atoms with Gasteiger partial charge in [0, 0.05) is 6.54 Å². The molecule has 0 unspecified atom stereocenters. The molecule has 1 amide bonds. The second kappa shape index (κ2) is 8.08. The lowest BCUT2D eigenvalue weighted by Gasteiger charge is -2.27. The Kier molecular flexibility index (Phi) is 5.79. The quantitative estimate of drug-likeness (QED) is 0.783. The van der Waals surface area contributed by atoms with Crippen molar-refractivity contribution in [2.75, 3.05) is 11.5 Å². The summed E-state index contributed by atoms with van der Waals surface area (Å²) in [5, 5.41) is 0. The van der Waals surface area contributed by atoms with Crippen molar-refractivity contribution < 1.29 is 22.3 Å². The molecule has 3 rings (SSSR count). The van der Waals surface area contributed by atoms with Crippen LogP contribution in [-0.4, -0.2) is 37.0 Å². The van der Waals surface area contributed by atoms with Gasteiger partial charge >= 0.3 is 6.09 Å². The first kappa shape index (κ1) is 19.4. The summed E-state index contributed by atoms with van der Waals surface area (Å²) < 4.78 is 42.3. The molecule has 0 aliphatic carbocycles. The summed E-state index contributed by atoms with van der Waals surface area (Å²) in [6.07, 6.45) is -0.189. The summed E-state index contributed by atoms with van der Waals surface area (Å²) in [5.74, 6) is -0.382. The van der Waals surface area contributed by atoms with Crippen molar-refractivity contribution >= 4 is 15.9 Å². The number of hydrogen-bond acceptors (Lipinski definition) is 4. The first-order valence-electron chi connectivity index (χ1n) is 8.76. The van der Waals surface area contributed by atoms with Crippen LogP contribution < -0.4 is 0 Å². The zero-order chi connectivity index (χ0) is 19.4. The average Bonchev–Trinajstić information content (AvgIpc) is 3.00. The van der Waals surface area contributed by atoms with E-state index in [0.717, 1.165) is 11.1 Å². The minimum Gasteiger partial charge on any atom is -0.445 e. The molecule has 0 spiro atoms. The summed E-state index contributed by atoms with van der Waals surface area (Å²) in [6.45, 7) is 2.26. The Balaban J connectivity index is 1.72. The molecule has 27 heavy (non-hydrogen) atoms. The van der Waals surface area contributed by atoms with Crippen molar-refractivity contribution in [2.24, 2.45) is 0 Å². The van der Waals surface area contributed by atoms with Gasteiger partial charge in [-0.15, -0.1) is 0 Å². The molecule has 1 aliphatic rings. The molecular weight excluding hydrogens is 369 g/mol. The minimum absolute atomic E-state index is 0.0584. The maximum Gasteiger partial charge on any atom is 0.410 e. The molecule has 0 radical (unpaired) electrons. The van der Waals surface area contributed by atoms with Crippen molar-refractivity contribution in [3.63, 3.8) is 0 Å². The van der Waals surface area contributed by atoms with Gasteiger partial charge in [0.2, 0.25) is 0 Å². The van der Waals surface area contributed by atoms with Crippen molar-refractivity contribution in [3.05, 3.63) is 71.0 Å². The van der Waals surface area contributed by atoms with Crippen molar-refractivity contribution in [1.29, 1.82) is 0 Å². The van der Waals surface area contributed by atoms with Gasteiger partial charge in [0.1, 0.15) is 12.4 Å². The number of halogens is 1. The van der Waals surface area contributed by atoms with Gasteiger partial charge in [-0.25, -0.2) is 17.6 Å². The summed E-state index contributed by atoms with van der Waals surface area (Å²) in [5.41, 5.74) is 2.68. The third kappa shape index (κ3) is 5.29. The fraction of sp³-hybridized carbons (Fsp3) is 0.350. The van der Waals surface area contributed by atoms with E-state index in [1.165, 1.54) is 17.0 Å². The third-order valence-corrected chi connectivity index (χ3v) is 6.38. The zero-order valence-electron chi connectivity index (χ0n) is 15.1. The largest absolute Gasteiger partial charge is 0.445 e. The Hall–Kier alpha value is -2.41. The number of hydrogen-bond donors (Lipinski definition) is 0. The molecule has 144 valence electrons. The predicted octanol–water partition coefficient (Wildman–Crippen LogP) is 3.46. The van der Waals surface area contributed by atoms with Crippen LogP contribution in [0.1, 0.15) is 23.1 Å². The van der Waals surface area contributed by atoms with E-state index >= 15 is 0 Å². The van der Waals surface area contributed by atoms with Gasteiger partial charge in [-0.05, 0) is 36.6 Å². The van der Waals surface area contributed by atoms with Gasteiger partial charge in [0.25, 0.3) is 0 Å². The number of benzene rings is 2. The molecule has 1 aliphatic heterocycles. The van der Waals surface area contributed by atoms with E-state index in [1.807, 2.05) is 31.2 Å². The van der Waals surface area contributed by atoms with E-state index in [1.54, 1.807) is 12.1 Å². The normalized spacial score (nSPS) is 18.2. The molecule has 7 heteroatoms. The van der Waals surface area contributed by atoms with Crippen LogP contribution >= 0.6 is 0 Å². The number of nitrogens with zero attached hydrogens (tertiary/aromatic N) is 1. The van der Waals surface area contributed by atoms with Gasteiger partial charge in [-0.3, -0.25) is 4.90 Å². The highest BCUT2D eigenvalue weighted by molar-refractivity contribution is 7.91. The lowest BCUT2D eigenvalue weighted by atomic mass is 10.1. The summed E-state index contributed by atoms with van der Waals surface area (Å²) >= 11 is 0. The Morgan fingerprint density at radius 2 is 1.74 bits per heavy atom. The zero-order valence-corrected chi connectivity index (χ0v) is 15.9. The number of sulfone groups is 1. The molecule has 0 saturated carbocycles. The molecule has 1 saturated heterocycles. The van der Waals surface area contributed by atoms with Crippen LogP contribution in [0.4, 0.5) is 9.18 Å². The molecule has 1 atom stereocenters. The van der Waals surface area contributed by atoms with E-state index < -0.39 is 22.0 Å². The molecule has 0 N–H and O–H groups in total. The van der Waals surface area contributed by atoms with Crippen molar-refractivity contribution in [2.45, 2.75) is 32.5 Å². The van der Waals surface area contributed by atoms with E-state index in [-0.39, 0.29) is 30.5 Å². The standard InChI is InChI=1S/C20H22FNO4S/c1-15-2-4-17(5-3-15)13-26-20(23)22(19-10-11-27(24,25)14-19)12-16-6-8-18(21)9-7-16/h2-9,19H,10-14H2,1H3/t19-/m0/s1. The fourth-order valence-corrected chi connectivity index (χ4v) is 4.79. The molecule has 5 nitrogen and oxygen atoms in total. The molecule has 1 heterocycles. The summed E-state index contributed by atoms with van der Waals surface area (Å²) in [4.78, 5) is 14.1. The smallest absolute Gasteiger partial charge is 0.410 e. The number of rotatable bonds is 5. The lowest BCUT2D eigenvalue weighted by Crippen LogP contribution is -2.40. The molecule has 2 aromatic carbocycles. The SMILES string of the molecule is Cc1ccc(COC(=O)N(Cc2ccc(F)cc2)[C@H]2CCS(=O)(=O)C2)cc1. The molecule has 2 aromatic rings. The van der Waals surface area contributed by atoms with Gasteiger partial charge in [-0.1, -0.05) is 42.0 Å². The van der Waals surface area contributed by atoms with Crippen LogP contribution in [0, 0.1) is 12.7 Å². The van der Waals surface area contributed by atoms with E-state index in [0.29, 0.717) is 12.0 Å². The Morgan fingerprint density at radius 1 is 1.11 bits per heavy atom. The fourth-order valence-electron chi connectivity index (χ4n) is 3.06. The maximum atomic E-state index is 13.1. The van der Waals surface area contributed by atoms with Crippen LogP contribution in [0.25, 0.3) is 0 Å². The van der Waals surface area contributed by atoms with E-state index in [9.17, 15) is 17.6 Å². The minimum atomic E-state index is -3.15. The Morgan fingerprint density at radius 3 is 2.33 bits per heavy atom. The van der Waals surface area contributed by atoms with Gasteiger partial charge in [-0.2, -0.15) is 0 Å². The monoisotopic (exact) mass is 391 g/mol. The van der Waals surface area contributed by atoms with Crippen LogP contribution in [-0.2, 0) is 27.7 Å². The van der Waals surface area contributed by atoms with E-state index in [4.69, 9.17) is 4.74 Å². The van der Waals surface area contributed by atoms with Crippen LogP contribution in [0.2, 0.25) is 0 Å². The second-order valence-electron chi connectivity index (χ2n) is 6.85. The first-order valence-corrected chi connectivity index (χ1v) is 10.6. The van der Waals surface area contributed by atoms with Gasteiger partial charge < -0.3 is 4.74 Å². The highest BCUT2D eigenvalue weighted by Crippen LogP contribution is 2.21. The Bertz CT molecular complexity index is 895. The summed E-state index contributed by atoms with van der Waals surface area (Å²) in [6, 6.07) is 13.0. The highest BCUT2D eigenvalue weighted by atomic mass is 32.2. The van der Waals surface area contributed by atoms with Crippen LogP contribution in [0.15, 0.2) is 48.5 Å². The number of carbonyl (C=O) groups is 1. The number of aryl methyl sites for hydroxylation is 1. The van der Waals surface area contributed by atoms with E-state index in [2.05, 4.69) is 0 Å². The third-order valence-electron chi connectivity index (χ3n) is 4.63. The Labute approximate surface area is 158 Å². The summed E-state index contributed by atoms with van der Waals surface area (Å²) in [7, 11) is -3.15. The molecular formula is C20H22FNO4S. The van der Waals surface area contributed by atoms with Crippen LogP contribution in [0.5, 0.6) is 0 Å². The van der Waals surface area contributed by atoms with Crippen molar-refractivity contribution in [3.8, 4) is 0 Å². The highest BCUT2D eigenvalue weighted by Gasteiger charge is 2.35. The molecule has 0 aromatic heterocycles. The molecule has 0 bridgehead atoms. The van der Waals surface area contributed by atoms with Gasteiger partial charge in [0.15, 0.2) is 9.84 Å². The number of amides is 1. The number of ether oxygens (including phenoxy) is 1. The van der Waals surface area contributed by atoms with Gasteiger partial charge in [0.05, 0.1) is 17.5 Å². The topological polar surface area (TPSA) is 63.7 Å². The second-order valence-corrected chi connectivity index (χ2v) is 9.08. The average molecular weight is 391 g/mol. The van der Waals surface area contributed by atoms with Crippen molar-refractivity contribution in [1.82, 2.24) is 4.90 Å². The molecule has 1 fully saturated rings. The number of carbonyl (C=O) groups excluding carboxylic acids is 1. The predicted molar refractivity (Wildman–Crippen MR) is 100 cm³/mol. The van der Waals surface area contributed by atoms with Crippen LogP contribution in [0.3, 0.4) is 0 Å².